The Balaban J connectivity index is 1.07. The van der Waals surface area contributed by atoms with Gasteiger partial charge in [0.05, 0.1) is 6.54 Å². The van der Waals surface area contributed by atoms with Crippen molar-refractivity contribution in [3.63, 3.8) is 0 Å². The number of rotatable bonds is 5. The molecule has 1 aromatic heterocycles. The van der Waals surface area contributed by atoms with E-state index in [0.717, 1.165) is 83.7 Å². The van der Waals surface area contributed by atoms with Crippen LogP contribution >= 0.6 is 0 Å². The van der Waals surface area contributed by atoms with E-state index in [1.54, 1.807) is 0 Å². The number of amides is 1. The van der Waals surface area contributed by atoms with Gasteiger partial charge in [-0.05, 0) is 104 Å². The maximum absolute atomic E-state index is 13.5. The molecule has 0 saturated carbocycles. The summed E-state index contributed by atoms with van der Waals surface area (Å²) in [7, 11) is 0. The van der Waals surface area contributed by atoms with Crippen molar-refractivity contribution in [1.29, 1.82) is 0 Å². The van der Waals surface area contributed by atoms with Crippen LogP contribution in [0, 0.1) is 5.41 Å². The minimum Gasteiger partial charge on any atom is -0.492 e. The molecule has 0 unspecified atom stereocenters. The maximum Gasteiger partial charge on any atom is 0.236 e. The molecule has 0 atom stereocenters. The lowest BCUT2D eigenvalue weighted by Crippen LogP contribution is -2.51. The van der Waals surface area contributed by atoms with Crippen molar-refractivity contribution >= 4 is 5.91 Å². The molecular weight excluding hydrogens is 532 g/mol. The van der Waals surface area contributed by atoms with Gasteiger partial charge in [-0.1, -0.05) is 55.0 Å². The van der Waals surface area contributed by atoms with Crippen molar-refractivity contribution in [3.05, 3.63) is 95.8 Å². The summed E-state index contributed by atoms with van der Waals surface area (Å²) in [6.07, 6.45) is 12.9. The summed E-state index contributed by atoms with van der Waals surface area (Å²) in [5, 5.41) is 0. The van der Waals surface area contributed by atoms with Crippen molar-refractivity contribution in [2.24, 2.45) is 5.41 Å². The van der Waals surface area contributed by atoms with Gasteiger partial charge >= 0.3 is 0 Å². The molecule has 43 heavy (non-hydrogen) atoms. The van der Waals surface area contributed by atoms with E-state index in [4.69, 9.17) is 4.74 Å². The number of benzene rings is 2. The fraction of sp³-hybridized carbons (Fsp3) is 0.514. The van der Waals surface area contributed by atoms with Crippen LogP contribution in [0.4, 0.5) is 0 Å². The molecule has 3 aromatic rings. The zero-order valence-electron chi connectivity index (χ0n) is 25.7. The van der Waals surface area contributed by atoms with Gasteiger partial charge in [-0.2, -0.15) is 0 Å². The predicted octanol–water partition coefficient (Wildman–Crippen LogP) is 6.18. The lowest BCUT2D eigenvalue weighted by atomic mass is 9.73. The standard InChI is InChI=1S/C37H48N4O2/c42-36(29-39-22-15-33(16-23-39)32-8-2-1-3-9-32)41-24-18-37(19-25-41)17-7-6-11-34-10-4-5-12-35(34)43-27-26-40(30-37)28-31-13-20-38-21-14-31/h1-5,8-10,12-14,20-21,33H,6-7,11,15-19,22-30H2. The third-order valence-corrected chi connectivity index (χ3v) is 10.1. The number of aryl methyl sites for hydroxylation is 1. The SMILES string of the molecule is O=C(CN1CCC(c2ccccc2)CC1)N1CCC2(CCCCc3ccccc3OCCN(Cc3ccncc3)C2)CC1. The van der Waals surface area contributed by atoms with Gasteiger partial charge in [0.25, 0.3) is 0 Å². The Hall–Kier alpha value is -3.22. The van der Waals surface area contributed by atoms with E-state index >= 15 is 0 Å². The molecular formula is C37H48N4O2. The number of likely N-dealkylation sites (tertiary alicyclic amines) is 2. The first kappa shape index (κ1) is 29.8. The number of nitrogens with zero attached hydrogens (tertiary/aromatic N) is 4. The summed E-state index contributed by atoms with van der Waals surface area (Å²) in [4.78, 5) is 24.8. The average Bonchev–Trinajstić information content (AvgIpc) is 3.05. The molecule has 2 aromatic carbocycles. The molecule has 228 valence electrons. The molecule has 4 heterocycles. The summed E-state index contributed by atoms with van der Waals surface area (Å²) in [6.45, 7) is 7.87. The van der Waals surface area contributed by atoms with Gasteiger partial charge in [0.15, 0.2) is 0 Å². The van der Waals surface area contributed by atoms with Crippen LogP contribution < -0.4 is 4.74 Å². The number of piperidine rings is 2. The van der Waals surface area contributed by atoms with E-state index in [9.17, 15) is 4.79 Å². The number of hydrogen-bond donors (Lipinski definition) is 0. The van der Waals surface area contributed by atoms with Crippen LogP contribution in [0.15, 0.2) is 79.1 Å². The van der Waals surface area contributed by atoms with Crippen LogP contribution in [0.1, 0.15) is 67.6 Å². The average molecular weight is 581 g/mol. The fourth-order valence-electron chi connectivity index (χ4n) is 7.54. The molecule has 3 aliphatic heterocycles. The van der Waals surface area contributed by atoms with E-state index in [-0.39, 0.29) is 5.41 Å². The second-order valence-corrected chi connectivity index (χ2v) is 13.1. The summed E-state index contributed by atoms with van der Waals surface area (Å²) >= 11 is 0. The number of pyridine rings is 1. The topological polar surface area (TPSA) is 48.9 Å². The molecule has 6 nitrogen and oxygen atoms in total. The Labute approximate surface area is 258 Å². The van der Waals surface area contributed by atoms with Crippen molar-refractivity contribution in [1.82, 2.24) is 19.7 Å². The zero-order valence-corrected chi connectivity index (χ0v) is 25.7. The molecule has 6 heteroatoms. The van der Waals surface area contributed by atoms with Gasteiger partial charge in [-0.25, -0.2) is 0 Å². The van der Waals surface area contributed by atoms with Gasteiger partial charge in [-0.3, -0.25) is 19.6 Å². The van der Waals surface area contributed by atoms with Crippen LogP contribution in [-0.4, -0.2) is 78.0 Å². The second-order valence-electron chi connectivity index (χ2n) is 13.1. The van der Waals surface area contributed by atoms with Crippen LogP contribution in [0.25, 0.3) is 0 Å². The molecule has 6 rings (SSSR count). The van der Waals surface area contributed by atoms with Crippen molar-refractivity contribution in [3.8, 4) is 5.75 Å². The van der Waals surface area contributed by atoms with Gasteiger partial charge in [0.1, 0.15) is 12.4 Å². The molecule has 1 amide bonds. The van der Waals surface area contributed by atoms with E-state index in [1.807, 2.05) is 12.4 Å². The predicted molar refractivity (Wildman–Crippen MR) is 172 cm³/mol. The zero-order chi connectivity index (χ0) is 29.3. The van der Waals surface area contributed by atoms with Gasteiger partial charge in [0.2, 0.25) is 5.91 Å². The molecule has 1 spiro atoms. The maximum atomic E-state index is 13.5. The lowest BCUT2D eigenvalue weighted by Gasteiger charge is -2.45. The Morgan fingerprint density at radius 1 is 0.814 bits per heavy atom. The second kappa shape index (κ2) is 14.5. The van der Waals surface area contributed by atoms with E-state index in [1.165, 1.54) is 36.0 Å². The van der Waals surface area contributed by atoms with Gasteiger partial charge in [-0.15, -0.1) is 0 Å². The summed E-state index contributed by atoms with van der Waals surface area (Å²) in [5.41, 5.74) is 4.30. The molecule has 3 aliphatic rings. The highest BCUT2D eigenvalue weighted by atomic mass is 16.5. The molecule has 0 aliphatic carbocycles. The third-order valence-electron chi connectivity index (χ3n) is 10.1. The van der Waals surface area contributed by atoms with Crippen LogP contribution in [-0.2, 0) is 17.8 Å². The van der Waals surface area contributed by atoms with Crippen LogP contribution in [0.3, 0.4) is 0 Å². The fourth-order valence-corrected chi connectivity index (χ4v) is 7.54. The van der Waals surface area contributed by atoms with Gasteiger partial charge in [0, 0.05) is 45.1 Å². The summed E-state index contributed by atoms with van der Waals surface area (Å²) < 4.78 is 6.34. The highest BCUT2D eigenvalue weighted by molar-refractivity contribution is 5.78. The van der Waals surface area contributed by atoms with Crippen molar-refractivity contribution in [2.45, 2.75) is 63.8 Å². The molecule has 0 radical (unpaired) electrons. The number of carbonyl (C=O) groups is 1. The first-order valence-electron chi connectivity index (χ1n) is 16.5. The number of carbonyl (C=O) groups excluding carboxylic acids is 1. The monoisotopic (exact) mass is 580 g/mol. The molecule has 0 N–H and O–H groups in total. The first-order chi connectivity index (χ1) is 21.2. The Bertz CT molecular complexity index is 1280. The summed E-state index contributed by atoms with van der Waals surface area (Å²) in [5.74, 6) is 1.98. The minimum atomic E-state index is 0.233. The molecule has 2 fully saturated rings. The Morgan fingerprint density at radius 2 is 1.56 bits per heavy atom. The quantitative estimate of drug-likeness (QED) is 0.361. The van der Waals surface area contributed by atoms with Crippen LogP contribution in [0.2, 0.25) is 0 Å². The number of hydrogen-bond acceptors (Lipinski definition) is 5. The Morgan fingerprint density at radius 3 is 2.35 bits per heavy atom. The minimum absolute atomic E-state index is 0.233. The normalized spacial score (nSPS) is 20.9. The van der Waals surface area contributed by atoms with E-state index < -0.39 is 0 Å². The number of para-hydroxylation sites is 1. The first-order valence-corrected chi connectivity index (χ1v) is 16.5. The van der Waals surface area contributed by atoms with Gasteiger partial charge < -0.3 is 9.64 Å². The van der Waals surface area contributed by atoms with E-state index in [0.29, 0.717) is 25.0 Å². The largest absolute Gasteiger partial charge is 0.492 e. The highest BCUT2D eigenvalue weighted by Crippen LogP contribution is 2.39. The van der Waals surface area contributed by atoms with Crippen molar-refractivity contribution < 1.29 is 9.53 Å². The highest BCUT2D eigenvalue weighted by Gasteiger charge is 2.37. The number of ether oxygens (including phenoxy) is 1. The Kier molecular flexibility index (Phi) is 10.1. The third kappa shape index (κ3) is 8.04. The molecule has 0 bridgehead atoms. The van der Waals surface area contributed by atoms with Crippen molar-refractivity contribution in [2.75, 3.05) is 52.4 Å². The lowest BCUT2D eigenvalue weighted by molar-refractivity contribution is -0.135. The number of fused-ring (bicyclic) bond motifs is 1. The summed E-state index contributed by atoms with van der Waals surface area (Å²) in [6, 6.07) is 23.7. The van der Waals surface area contributed by atoms with Crippen LogP contribution in [0.5, 0.6) is 5.75 Å². The van der Waals surface area contributed by atoms with E-state index in [2.05, 4.69) is 86.4 Å². The number of aromatic nitrogens is 1. The molecule has 2 saturated heterocycles. The smallest absolute Gasteiger partial charge is 0.236 e.